The average molecular weight is 423 g/mol. The summed E-state index contributed by atoms with van der Waals surface area (Å²) >= 11 is 3.49. The molecule has 148 valence electrons. The molecule has 0 spiro atoms. The van der Waals surface area contributed by atoms with E-state index < -0.39 is 0 Å². The third-order valence-electron chi connectivity index (χ3n) is 5.57. The number of nitrogens with zero attached hydrogens (tertiary/aromatic N) is 3. The summed E-state index contributed by atoms with van der Waals surface area (Å²) in [5, 5.41) is 7.32. The maximum absolute atomic E-state index is 13.2. The highest BCUT2D eigenvalue weighted by atomic mass is 32.1. The zero-order chi connectivity index (χ0) is 20.0. The molecule has 1 N–H and O–H groups in total. The van der Waals surface area contributed by atoms with Crippen LogP contribution in [0.1, 0.15) is 32.7 Å². The smallest absolute Gasteiger partial charge is 0.318 e. The van der Waals surface area contributed by atoms with Gasteiger partial charge in [-0.1, -0.05) is 12.1 Å². The van der Waals surface area contributed by atoms with Crippen molar-refractivity contribution in [2.24, 2.45) is 7.05 Å². The van der Waals surface area contributed by atoms with Crippen LogP contribution in [-0.2, 0) is 20.0 Å². The molecule has 5 nitrogen and oxygen atoms in total. The zero-order valence-electron chi connectivity index (χ0n) is 16.4. The Kier molecular flexibility index (Phi) is 4.64. The number of aryl methyl sites for hydroxylation is 2. The lowest BCUT2D eigenvalue weighted by Gasteiger charge is -2.35. The summed E-state index contributed by atoms with van der Waals surface area (Å²) in [6, 6.07) is 12.5. The van der Waals surface area contributed by atoms with Crippen LogP contribution < -0.4 is 5.32 Å². The topological polar surface area (TPSA) is 50.2 Å². The molecule has 3 aromatic heterocycles. The summed E-state index contributed by atoms with van der Waals surface area (Å²) in [7, 11) is 2.00. The first kappa shape index (κ1) is 18.4. The molecular weight excluding hydrogens is 400 g/mol. The van der Waals surface area contributed by atoms with Crippen molar-refractivity contribution in [2.75, 3.05) is 6.54 Å². The maximum atomic E-state index is 13.2. The normalized spacial score (nSPS) is 16.2. The van der Waals surface area contributed by atoms with Crippen molar-refractivity contribution >= 4 is 39.7 Å². The van der Waals surface area contributed by atoms with Gasteiger partial charge in [-0.25, -0.2) is 9.78 Å². The molecule has 4 heterocycles. The van der Waals surface area contributed by atoms with Crippen LogP contribution in [0.2, 0.25) is 0 Å². The highest BCUT2D eigenvalue weighted by molar-refractivity contribution is 7.10. The van der Waals surface area contributed by atoms with Gasteiger partial charge in [-0.05, 0) is 59.5 Å². The van der Waals surface area contributed by atoms with Crippen LogP contribution in [0.3, 0.4) is 0 Å². The molecule has 2 amide bonds. The second kappa shape index (κ2) is 7.31. The Bertz CT molecular complexity index is 1180. The summed E-state index contributed by atoms with van der Waals surface area (Å²) < 4.78 is 2.05. The summed E-state index contributed by atoms with van der Waals surface area (Å²) in [5.41, 5.74) is 4.49. The largest absolute Gasteiger partial charge is 0.331 e. The Labute approximate surface area is 177 Å². The molecule has 0 aliphatic carbocycles. The van der Waals surface area contributed by atoms with Crippen molar-refractivity contribution in [2.45, 2.75) is 25.9 Å². The SMILES string of the molecule is Cc1ccc2c(c1)nc(CNC(=O)N1CCc3sccc3C1c1cccs1)n2C. The van der Waals surface area contributed by atoms with E-state index in [1.165, 1.54) is 20.9 Å². The summed E-state index contributed by atoms with van der Waals surface area (Å²) in [5.74, 6) is 0.861. The first-order chi connectivity index (χ1) is 14.1. The van der Waals surface area contributed by atoms with Gasteiger partial charge in [0.1, 0.15) is 5.82 Å². The lowest BCUT2D eigenvalue weighted by Crippen LogP contribution is -2.45. The van der Waals surface area contributed by atoms with E-state index in [-0.39, 0.29) is 12.1 Å². The van der Waals surface area contributed by atoms with E-state index in [1.54, 1.807) is 22.7 Å². The Morgan fingerprint density at radius 2 is 2.14 bits per heavy atom. The quantitative estimate of drug-likeness (QED) is 0.512. The number of carbonyl (C=O) groups excluding carboxylic acids is 1. The van der Waals surface area contributed by atoms with Crippen LogP contribution in [0, 0.1) is 6.92 Å². The van der Waals surface area contributed by atoms with E-state index in [4.69, 9.17) is 4.98 Å². The van der Waals surface area contributed by atoms with Gasteiger partial charge in [0.25, 0.3) is 0 Å². The fraction of sp³-hybridized carbons (Fsp3) is 0.273. The molecule has 0 fully saturated rings. The minimum absolute atomic E-state index is 0.00640. The summed E-state index contributed by atoms with van der Waals surface area (Å²) in [6.07, 6.45) is 0.911. The monoisotopic (exact) mass is 422 g/mol. The van der Waals surface area contributed by atoms with E-state index in [9.17, 15) is 4.79 Å². The number of aromatic nitrogens is 2. The predicted molar refractivity (Wildman–Crippen MR) is 119 cm³/mol. The molecule has 1 aliphatic heterocycles. The fourth-order valence-electron chi connectivity index (χ4n) is 4.06. The first-order valence-electron chi connectivity index (χ1n) is 9.68. The molecule has 7 heteroatoms. The van der Waals surface area contributed by atoms with Crippen LogP contribution in [0.15, 0.2) is 47.2 Å². The van der Waals surface area contributed by atoms with Gasteiger partial charge in [0.05, 0.1) is 23.6 Å². The van der Waals surface area contributed by atoms with Crippen LogP contribution >= 0.6 is 22.7 Å². The van der Waals surface area contributed by atoms with Gasteiger partial charge in [-0.3, -0.25) is 0 Å². The molecule has 1 atom stereocenters. The number of carbonyl (C=O) groups is 1. The van der Waals surface area contributed by atoms with Crippen LogP contribution in [0.5, 0.6) is 0 Å². The molecule has 4 aromatic rings. The summed E-state index contributed by atoms with van der Waals surface area (Å²) in [6.45, 7) is 3.20. The Hall–Kier alpha value is -2.64. The van der Waals surface area contributed by atoms with Gasteiger partial charge in [0, 0.05) is 23.3 Å². The van der Waals surface area contributed by atoms with E-state index in [0.29, 0.717) is 6.54 Å². The fourth-order valence-corrected chi connectivity index (χ4v) is 5.82. The number of urea groups is 1. The first-order valence-corrected chi connectivity index (χ1v) is 11.4. The predicted octanol–water partition coefficient (Wildman–Crippen LogP) is 4.86. The van der Waals surface area contributed by atoms with E-state index in [1.807, 2.05) is 11.9 Å². The van der Waals surface area contributed by atoms with Crippen LogP contribution in [-0.4, -0.2) is 27.0 Å². The van der Waals surface area contributed by atoms with Crippen molar-refractivity contribution in [3.05, 3.63) is 73.9 Å². The molecular formula is C22H22N4OS2. The summed E-state index contributed by atoms with van der Waals surface area (Å²) in [4.78, 5) is 22.5. The number of fused-ring (bicyclic) bond motifs is 2. The number of hydrogen-bond acceptors (Lipinski definition) is 4. The third-order valence-corrected chi connectivity index (χ3v) is 7.49. The lowest BCUT2D eigenvalue weighted by atomic mass is 9.99. The molecule has 29 heavy (non-hydrogen) atoms. The standard InChI is InChI=1S/C22H22N4OS2/c1-14-5-6-17-16(12-14)24-20(25(17)2)13-23-22(27)26-9-7-18-15(8-11-29-18)21(26)19-4-3-10-28-19/h3-6,8,10-12,21H,7,9,13H2,1-2H3,(H,23,27). The lowest BCUT2D eigenvalue weighted by molar-refractivity contribution is 0.181. The Balaban J connectivity index is 1.38. The number of imidazole rings is 1. The van der Waals surface area contributed by atoms with E-state index in [0.717, 1.165) is 29.8 Å². The number of benzene rings is 1. The zero-order valence-corrected chi connectivity index (χ0v) is 18.0. The second-order valence-electron chi connectivity index (χ2n) is 7.40. The highest BCUT2D eigenvalue weighted by Crippen LogP contribution is 2.39. The molecule has 1 unspecified atom stereocenters. The molecule has 0 saturated carbocycles. The molecule has 5 rings (SSSR count). The number of amides is 2. The van der Waals surface area contributed by atoms with Crippen molar-refractivity contribution in [1.29, 1.82) is 0 Å². The number of nitrogens with one attached hydrogen (secondary N) is 1. The number of hydrogen-bond donors (Lipinski definition) is 1. The average Bonchev–Trinajstić information content (AvgIpc) is 3.46. The van der Waals surface area contributed by atoms with E-state index >= 15 is 0 Å². The Morgan fingerprint density at radius 1 is 1.24 bits per heavy atom. The molecule has 1 aliphatic rings. The van der Waals surface area contributed by atoms with Gasteiger partial charge in [-0.2, -0.15) is 0 Å². The Morgan fingerprint density at radius 3 is 2.97 bits per heavy atom. The van der Waals surface area contributed by atoms with Crippen LogP contribution in [0.25, 0.3) is 11.0 Å². The van der Waals surface area contributed by atoms with Crippen molar-refractivity contribution < 1.29 is 4.79 Å². The van der Waals surface area contributed by atoms with Crippen molar-refractivity contribution in [3.63, 3.8) is 0 Å². The van der Waals surface area contributed by atoms with Crippen molar-refractivity contribution in [3.8, 4) is 0 Å². The van der Waals surface area contributed by atoms with Crippen molar-refractivity contribution in [1.82, 2.24) is 19.8 Å². The van der Waals surface area contributed by atoms with Gasteiger partial charge in [0.15, 0.2) is 0 Å². The third kappa shape index (κ3) is 3.24. The van der Waals surface area contributed by atoms with Gasteiger partial charge in [0.2, 0.25) is 0 Å². The minimum Gasteiger partial charge on any atom is -0.331 e. The maximum Gasteiger partial charge on any atom is 0.318 e. The number of thiophene rings is 2. The molecule has 0 saturated heterocycles. The molecule has 0 bridgehead atoms. The van der Waals surface area contributed by atoms with Gasteiger partial charge < -0.3 is 14.8 Å². The second-order valence-corrected chi connectivity index (χ2v) is 9.38. The molecule has 1 aromatic carbocycles. The van der Waals surface area contributed by atoms with Crippen LogP contribution in [0.4, 0.5) is 4.79 Å². The van der Waals surface area contributed by atoms with Gasteiger partial charge in [-0.15, -0.1) is 22.7 Å². The van der Waals surface area contributed by atoms with E-state index in [2.05, 4.69) is 64.0 Å². The highest BCUT2D eigenvalue weighted by Gasteiger charge is 2.33. The minimum atomic E-state index is -0.0384. The number of rotatable bonds is 3. The van der Waals surface area contributed by atoms with Gasteiger partial charge >= 0.3 is 6.03 Å². The molecule has 0 radical (unpaired) electrons.